The molecule has 0 aliphatic carbocycles. The fraction of sp³-hybridized carbons (Fsp3) is 0.0476. The van der Waals surface area contributed by atoms with Gasteiger partial charge in [-0.05, 0) is 48.5 Å². The number of hydrogen-bond donors (Lipinski definition) is 4. The molecule has 1 heterocycles. The summed E-state index contributed by atoms with van der Waals surface area (Å²) < 4.78 is 10.8. The predicted molar refractivity (Wildman–Crippen MR) is 112 cm³/mol. The summed E-state index contributed by atoms with van der Waals surface area (Å²) in [6, 6.07) is 13.1. The number of nitrogens with zero attached hydrogens (tertiary/aromatic N) is 1. The van der Waals surface area contributed by atoms with Crippen molar-refractivity contribution in [3.63, 3.8) is 0 Å². The number of methoxy groups -OCH3 is 1. The molecule has 0 saturated heterocycles. The molecule has 0 aliphatic rings. The Morgan fingerprint density at radius 2 is 1.71 bits per heavy atom. The molecule has 0 atom stereocenters. The number of primary amides is 1. The maximum absolute atomic E-state index is 12.3. The topological polar surface area (TPSA) is 153 Å². The van der Waals surface area contributed by atoms with E-state index < -0.39 is 17.9 Å². The number of pyridine rings is 1. The molecule has 1 aromatic heterocycles. The molecule has 0 radical (unpaired) electrons. The lowest BCUT2D eigenvalue weighted by Gasteiger charge is -2.12. The van der Waals surface area contributed by atoms with Gasteiger partial charge in [-0.2, -0.15) is 0 Å². The Morgan fingerprint density at radius 3 is 2.35 bits per heavy atom. The molecule has 0 bridgehead atoms. The van der Waals surface area contributed by atoms with Gasteiger partial charge in [0.25, 0.3) is 0 Å². The van der Waals surface area contributed by atoms with Crippen LogP contribution in [0.2, 0.25) is 0 Å². The van der Waals surface area contributed by atoms with Crippen LogP contribution in [0.5, 0.6) is 17.2 Å². The van der Waals surface area contributed by atoms with Gasteiger partial charge in [0.2, 0.25) is 5.91 Å². The highest BCUT2D eigenvalue weighted by Gasteiger charge is 2.11. The predicted octanol–water partition coefficient (Wildman–Crippen LogP) is 3.32. The van der Waals surface area contributed by atoms with Crippen LogP contribution >= 0.6 is 0 Å². The zero-order valence-electron chi connectivity index (χ0n) is 16.3. The highest BCUT2D eigenvalue weighted by molar-refractivity contribution is 6.02. The van der Waals surface area contributed by atoms with Crippen LogP contribution in [0.1, 0.15) is 20.8 Å². The molecular weight excluding hydrogens is 404 g/mol. The number of urea groups is 1. The smallest absolute Gasteiger partial charge is 0.354 e. The summed E-state index contributed by atoms with van der Waals surface area (Å²) >= 11 is 0. The van der Waals surface area contributed by atoms with Gasteiger partial charge in [-0.25, -0.2) is 14.6 Å². The molecule has 0 unspecified atom stereocenters. The third-order valence-corrected chi connectivity index (χ3v) is 4.03. The highest BCUT2D eigenvalue weighted by Crippen LogP contribution is 2.26. The summed E-state index contributed by atoms with van der Waals surface area (Å²) in [7, 11) is 1.43. The van der Waals surface area contributed by atoms with Gasteiger partial charge < -0.3 is 30.9 Å². The SMILES string of the molecule is COc1ccc(C(N)=O)cc1NC(=O)Nc1ccc(Oc2ccnc(C(=O)O)c2)cc1. The number of carbonyl (C=O) groups is 3. The number of rotatable bonds is 7. The minimum absolute atomic E-state index is 0.136. The number of anilines is 2. The van der Waals surface area contributed by atoms with Crippen molar-refractivity contribution in [2.24, 2.45) is 5.73 Å². The van der Waals surface area contributed by atoms with Crippen molar-refractivity contribution in [3.05, 3.63) is 72.1 Å². The molecular formula is C21H18N4O6. The maximum Gasteiger partial charge on any atom is 0.354 e. The van der Waals surface area contributed by atoms with Gasteiger partial charge in [-0.3, -0.25) is 4.79 Å². The van der Waals surface area contributed by atoms with E-state index in [4.69, 9.17) is 20.3 Å². The monoisotopic (exact) mass is 422 g/mol. The zero-order valence-corrected chi connectivity index (χ0v) is 16.3. The van der Waals surface area contributed by atoms with E-state index >= 15 is 0 Å². The molecule has 31 heavy (non-hydrogen) atoms. The minimum atomic E-state index is -1.16. The first-order valence-corrected chi connectivity index (χ1v) is 8.89. The van der Waals surface area contributed by atoms with Crippen molar-refractivity contribution in [3.8, 4) is 17.2 Å². The summed E-state index contributed by atoms with van der Waals surface area (Å²) in [4.78, 5) is 38.4. The fourth-order valence-corrected chi connectivity index (χ4v) is 2.58. The van der Waals surface area contributed by atoms with E-state index in [0.29, 0.717) is 22.9 Å². The Balaban J connectivity index is 1.65. The summed E-state index contributed by atoms with van der Waals surface area (Å²) in [5.74, 6) is -0.682. The Morgan fingerprint density at radius 1 is 0.968 bits per heavy atom. The molecule has 0 fully saturated rings. The van der Waals surface area contributed by atoms with E-state index in [2.05, 4.69) is 15.6 Å². The first kappa shape index (κ1) is 21.1. The van der Waals surface area contributed by atoms with Crippen LogP contribution in [0.3, 0.4) is 0 Å². The number of carboxylic acid groups (broad SMARTS) is 1. The van der Waals surface area contributed by atoms with Crippen molar-refractivity contribution < 1.29 is 29.0 Å². The Bertz CT molecular complexity index is 1130. The molecule has 3 amide bonds. The van der Waals surface area contributed by atoms with Crippen molar-refractivity contribution in [2.45, 2.75) is 0 Å². The molecule has 10 heteroatoms. The average Bonchev–Trinajstić information content (AvgIpc) is 2.75. The average molecular weight is 422 g/mol. The van der Waals surface area contributed by atoms with Gasteiger partial charge in [-0.15, -0.1) is 0 Å². The minimum Gasteiger partial charge on any atom is -0.495 e. The molecule has 158 valence electrons. The summed E-state index contributed by atoms with van der Waals surface area (Å²) in [5.41, 5.74) is 6.10. The Labute approximate surface area is 176 Å². The molecule has 3 rings (SSSR count). The molecule has 2 aromatic carbocycles. The van der Waals surface area contributed by atoms with E-state index in [1.807, 2.05) is 0 Å². The lowest BCUT2D eigenvalue weighted by atomic mass is 10.2. The number of aromatic nitrogens is 1. The normalized spacial score (nSPS) is 10.1. The molecule has 0 aliphatic heterocycles. The number of hydrogen-bond acceptors (Lipinski definition) is 6. The maximum atomic E-state index is 12.3. The van der Waals surface area contributed by atoms with Gasteiger partial charge in [0, 0.05) is 23.5 Å². The quantitative estimate of drug-likeness (QED) is 0.455. The van der Waals surface area contributed by atoms with Crippen LogP contribution in [0.25, 0.3) is 0 Å². The summed E-state index contributed by atoms with van der Waals surface area (Å²) in [5, 5.41) is 14.2. The van der Waals surface area contributed by atoms with Crippen LogP contribution in [-0.2, 0) is 0 Å². The molecule has 10 nitrogen and oxygen atoms in total. The number of nitrogens with two attached hydrogens (primary N) is 1. The van der Waals surface area contributed by atoms with Crippen molar-refractivity contribution in [1.82, 2.24) is 4.98 Å². The first-order valence-electron chi connectivity index (χ1n) is 8.89. The summed E-state index contributed by atoms with van der Waals surface area (Å²) in [6.07, 6.45) is 1.33. The second kappa shape index (κ2) is 9.27. The molecule has 0 saturated carbocycles. The third kappa shape index (κ3) is 5.48. The van der Waals surface area contributed by atoms with Gasteiger partial charge >= 0.3 is 12.0 Å². The van der Waals surface area contributed by atoms with Crippen molar-refractivity contribution in [1.29, 1.82) is 0 Å². The van der Waals surface area contributed by atoms with E-state index in [9.17, 15) is 14.4 Å². The second-order valence-corrected chi connectivity index (χ2v) is 6.17. The zero-order chi connectivity index (χ0) is 22.4. The van der Waals surface area contributed by atoms with Crippen LogP contribution in [0, 0.1) is 0 Å². The number of ether oxygens (including phenoxy) is 2. The number of aromatic carboxylic acids is 1. The van der Waals surface area contributed by atoms with Crippen LogP contribution < -0.4 is 25.8 Å². The molecule has 0 spiro atoms. The van der Waals surface area contributed by atoms with Crippen molar-refractivity contribution >= 4 is 29.3 Å². The third-order valence-electron chi connectivity index (χ3n) is 4.03. The fourth-order valence-electron chi connectivity index (χ4n) is 2.58. The van der Waals surface area contributed by atoms with E-state index in [1.165, 1.54) is 43.6 Å². The molecule has 3 aromatic rings. The number of nitrogens with one attached hydrogen (secondary N) is 2. The Kier molecular flexibility index (Phi) is 6.31. The molecule has 5 N–H and O–H groups in total. The van der Waals surface area contributed by atoms with Gasteiger partial charge in [0.15, 0.2) is 5.69 Å². The lowest BCUT2D eigenvalue weighted by Crippen LogP contribution is -2.20. The first-order chi connectivity index (χ1) is 14.9. The van der Waals surface area contributed by atoms with Gasteiger partial charge in [-0.1, -0.05) is 0 Å². The van der Waals surface area contributed by atoms with Crippen LogP contribution in [0.4, 0.5) is 16.2 Å². The largest absolute Gasteiger partial charge is 0.495 e. The second-order valence-electron chi connectivity index (χ2n) is 6.17. The van der Waals surface area contributed by atoms with Crippen LogP contribution in [0.15, 0.2) is 60.8 Å². The number of benzene rings is 2. The highest BCUT2D eigenvalue weighted by atomic mass is 16.5. The van der Waals surface area contributed by atoms with Gasteiger partial charge in [0.05, 0.1) is 12.8 Å². The number of amides is 3. The van der Waals surface area contributed by atoms with E-state index in [1.54, 1.807) is 24.3 Å². The Hall–Kier alpha value is -4.60. The van der Waals surface area contributed by atoms with E-state index in [-0.39, 0.29) is 16.9 Å². The van der Waals surface area contributed by atoms with Crippen LogP contribution in [-0.4, -0.2) is 35.1 Å². The lowest BCUT2D eigenvalue weighted by molar-refractivity contribution is 0.0689. The van der Waals surface area contributed by atoms with Crippen molar-refractivity contribution in [2.75, 3.05) is 17.7 Å². The number of carboxylic acids is 1. The summed E-state index contributed by atoms with van der Waals surface area (Å²) in [6.45, 7) is 0. The standard InChI is InChI=1S/C21H18N4O6/c1-30-18-7-2-12(19(22)26)10-16(18)25-21(29)24-13-3-5-14(6-4-13)31-15-8-9-23-17(11-15)20(27)28/h2-11H,1H3,(H2,22,26)(H,27,28)(H2,24,25,29). The van der Waals surface area contributed by atoms with Gasteiger partial charge in [0.1, 0.15) is 17.2 Å². The number of carbonyl (C=O) groups excluding carboxylic acids is 2. The van der Waals surface area contributed by atoms with E-state index in [0.717, 1.165) is 0 Å².